The maximum atomic E-state index is 13.1. The third-order valence-electron chi connectivity index (χ3n) is 3.23. The summed E-state index contributed by atoms with van der Waals surface area (Å²) < 4.78 is 26.1. The molecule has 1 amide bonds. The van der Waals surface area contributed by atoms with Gasteiger partial charge in [0.05, 0.1) is 6.42 Å². The van der Waals surface area contributed by atoms with Crippen LogP contribution in [0.3, 0.4) is 0 Å². The van der Waals surface area contributed by atoms with Crippen molar-refractivity contribution >= 4 is 11.9 Å². The van der Waals surface area contributed by atoms with E-state index in [9.17, 15) is 18.4 Å². The monoisotopic (exact) mass is 263 g/mol. The molecule has 1 aliphatic carbocycles. The van der Waals surface area contributed by atoms with Crippen LogP contribution in [-0.4, -0.2) is 40.4 Å². The van der Waals surface area contributed by atoms with Gasteiger partial charge in [-0.25, -0.2) is 8.78 Å². The fraction of sp³-hybridized carbons (Fsp3) is 0.833. The molecule has 18 heavy (non-hydrogen) atoms. The lowest BCUT2D eigenvalue weighted by Crippen LogP contribution is -2.41. The first-order valence-corrected chi connectivity index (χ1v) is 6.13. The fourth-order valence-corrected chi connectivity index (χ4v) is 2.23. The van der Waals surface area contributed by atoms with Gasteiger partial charge in [-0.05, 0) is 20.3 Å². The molecule has 0 spiro atoms. The van der Waals surface area contributed by atoms with Crippen LogP contribution < -0.4 is 0 Å². The number of rotatable bonds is 5. The molecule has 0 heterocycles. The van der Waals surface area contributed by atoms with Crippen LogP contribution in [0.4, 0.5) is 8.78 Å². The van der Waals surface area contributed by atoms with Gasteiger partial charge in [0.25, 0.3) is 0 Å². The zero-order valence-corrected chi connectivity index (χ0v) is 10.7. The molecule has 1 N–H and O–H groups in total. The lowest BCUT2D eigenvalue weighted by atomic mass is 10.1. The van der Waals surface area contributed by atoms with Crippen molar-refractivity contribution in [3.63, 3.8) is 0 Å². The van der Waals surface area contributed by atoms with Crippen molar-refractivity contribution in [2.45, 2.75) is 51.5 Å². The lowest BCUT2D eigenvalue weighted by Gasteiger charge is -2.28. The molecule has 0 aliphatic heterocycles. The number of carbonyl (C=O) groups is 2. The van der Waals surface area contributed by atoms with E-state index in [0.29, 0.717) is 0 Å². The van der Waals surface area contributed by atoms with Crippen LogP contribution in [0.5, 0.6) is 0 Å². The second-order valence-corrected chi connectivity index (χ2v) is 5.06. The second-order valence-electron chi connectivity index (χ2n) is 5.06. The molecule has 1 rings (SSSR count). The molecule has 6 heteroatoms. The molecule has 0 bridgehead atoms. The van der Waals surface area contributed by atoms with Gasteiger partial charge in [-0.2, -0.15) is 0 Å². The zero-order chi connectivity index (χ0) is 13.9. The predicted molar refractivity (Wildman–Crippen MR) is 61.4 cm³/mol. The van der Waals surface area contributed by atoms with Gasteiger partial charge in [0.2, 0.25) is 11.8 Å². The number of carbonyl (C=O) groups excluding carboxylic acids is 1. The summed E-state index contributed by atoms with van der Waals surface area (Å²) >= 11 is 0. The summed E-state index contributed by atoms with van der Waals surface area (Å²) in [5.74, 6) is -4.76. The van der Waals surface area contributed by atoms with E-state index in [-0.39, 0.29) is 37.8 Å². The van der Waals surface area contributed by atoms with Crippen LogP contribution >= 0.6 is 0 Å². The van der Waals surface area contributed by atoms with E-state index in [1.165, 1.54) is 4.90 Å². The van der Waals surface area contributed by atoms with E-state index in [4.69, 9.17) is 5.11 Å². The average Bonchev–Trinajstić information content (AvgIpc) is 2.57. The number of carboxylic acid groups (broad SMARTS) is 1. The van der Waals surface area contributed by atoms with E-state index in [1.54, 1.807) is 13.8 Å². The molecule has 1 unspecified atom stereocenters. The number of hydrogen-bond donors (Lipinski definition) is 1. The Morgan fingerprint density at radius 1 is 1.44 bits per heavy atom. The third-order valence-corrected chi connectivity index (χ3v) is 3.23. The maximum Gasteiger partial charge on any atom is 0.305 e. The summed E-state index contributed by atoms with van der Waals surface area (Å²) in [4.78, 5) is 24.0. The topological polar surface area (TPSA) is 57.6 Å². The van der Waals surface area contributed by atoms with E-state index < -0.39 is 24.2 Å². The fourth-order valence-electron chi connectivity index (χ4n) is 2.23. The van der Waals surface area contributed by atoms with Gasteiger partial charge < -0.3 is 10.0 Å². The number of nitrogens with zero attached hydrogens (tertiary/aromatic N) is 1. The summed E-state index contributed by atoms with van der Waals surface area (Å²) in [6, 6.07) is -0.175. The van der Waals surface area contributed by atoms with E-state index >= 15 is 0 Å². The predicted octanol–water partition coefficient (Wildman–Crippen LogP) is 2.13. The smallest absolute Gasteiger partial charge is 0.305 e. The van der Waals surface area contributed by atoms with Crippen molar-refractivity contribution in [1.29, 1.82) is 0 Å². The molecular weight excluding hydrogens is 244 g/mol. The Morgan fingerprint density at radius 3 is 2.44 bits per heavy atom. The largest absolute Gasteiger partial charge is 0.481 e. The number of hydrogen-bond acceptors (Lipinski definition) is 2. The molecule has 0 radical (unpaired) electrons. The Kier molecular flexibility index (Phi) is 4.65. The first kappa shape index (κ1) is 14.9. The molecule has 0 aromatic heterocycles. The van der Waals surface area contributed by atoms with E-state index in [1.807, 2.05) is 0 Å². The normalized spacial score (nSPS) is 22.2. The highest BCUT2D eigenvalue weighted by molar-refractivity contribution is 5.80. The minimum absolute atomic E-state index is 0.0773. The Bertz CT molecular complexity index is 331. The number of alkyl halides is 2. The maximum absolute atomic E-state index is 13.1. The molecule has 4 nitrogen and oxygen atoms in total. The highest BCUT2D eigenvalue weighted by Crippen LogP contribution is 2.39. The van der Waals surface area contributed by atoms with Gasteiger partial charge in [0, 0.05) is 31.3 Å². The van der Waals surface area contributed by atoms with Crippen LogP contribution in [0.25, 0.3) is 0 Å². The van der Waals surface area contributed by atoms with Crippen molar-refractivity contribution in [2.75, 3.05) is 6.54 Å². The summed E-state index contributed by atoms with van der Waals surface area (Å²) in [5, 5.41) is 8.62. The lowest BCUT2D eigenvalue weighted by molar-refractivity contribution is -0.141. The minimum Gasteiger partial charge on any atom is -0.481 e. The molecule has 1 saturated carbocycles. The first-order valence-electron chi connectivity index (χ1n) is 6.13. The Hall–Kier alpha value is -1.20. The van der Waals surface area contributed by atoms with Gasteiger partial charge in [0.1, 0.15) is 0 Å². The van der Waals surface area contributed by atoms with Crippen molar-refractivity contribution in [1.82, 2.24) is 4.90 Å². The van der Waals surface area contributed by atoms with Crippen LogP contribution in [0.1, 0.15) is 39.5 Å². The van der Waals surface area contributed by atoms with Crippen molar-refractivity contribution < 1.29 is 23.5 Å². The molecule has 0 aromatic rings. The number of carboxylic acids is 1. The SMILES string of the molecule is CC(C)N(CCC(=O)O)C(=O)C1CCC(F)(F)C1. The van der Waals surface area contributed by atoms with Gasteiger partial charge in [0.15, 0.2) is 0 Å². The summed E-state index contributed by atoms with van der Waals surface area (Å²) in [6.07, 6.45) is -0.647. The number of amides is 1. The molecule has 104 valence electrons. The summed E-state index contributed by atoms with van der Waals surface area (Å²) in [5.41, 5.74) is 0. The van der Waals surface area contributed by atoms with Gasteiger partial charge in [-0.1, -0.05) is 0 Å². The van der Waals surface area contributed by atoms with Crippen LogP contribution in [0.2, 0.25) is 0 Å². The van der Waals surface area contributed by atoms with E-state index in [0.717, 1.165) is 0 Å². The van der Waals surface area contributed by atoms with Crippen LogP contribution in [0, 0.1) is 5.92 Å². The first-order chi connectivity index (χ1) is 8.23. The third kappa shape index (κ3) is 3.92. The molecular formula is C12H19F2NO3. The molecule has 0 aromatic carbocycles. The second kappa shape index (κ2) is 5.63. The summed E-state index contributed by atoms with van der Waals surface area (Å²) in [6.45, 7) is 3.59. The van der Waals surface area contributed by atoms with Crippen LogP contribution in [-0.2, 0) is 9.59 Å². The van der Waals surface area contributed by atoms with E-state index in [2.05, 4.69) is 0 Å². The van der Waals surface area contributed by atoms with Crippen molar-refractivity contribution in [3.8, 4) is 0 Å². The Morgan fingerprint density at radius 2 is 2.06 bits per heavy atom. The molecule has 1 fully saturated rings. The Labute approximate surface area is 105 Å². The zero-order valence-electron chi connectivity index (χ0n) is 10.7. The molecule has 1 atom stereocenters. The van der Waals surface area contributed by atoms with Gasteiger partial charge in [-0.15, -0.1) is 0 Å². The highest BCUT2D eigenvalue weighted by Gasteiger charge is 2.43. The summed E-state index contributed by atoms with van der Waals surface area (Å²) in [7, 11) is 0. The average molecular weight is 263 g/mol. The number of aliphatic carboxylic acids is 1. The number of halogens is 2. The van der Waals surface area contributed by atoms with Gasteiger partial charge in [-0.3, -0.25) is 9.59 Å². The minimum atomic E-state index is -2.75. The standard InChI is InChI=1S/C12H19F2NO3/c1-8(2)15(6-4-10(16)17)11(18)9-3-5-12(13,14)7-9/h8-9H,3-7H2,1-2H3,(H,16,17). The molecule has 0 saturated heterocycles. The van der Waals surface area contributed by atoms with Crippen molar-refractivity contribution in [2.24, 2.45) is 5.92 Å². The van der Waals surface area contributed by atoms with Crippen LogP contribution in [0.15, 0.2) is 0 Å². The Balaban J connectivity index is 2.63. The quantitative estimate of drug-likeness (QED) is 0.826. The van der Waals surface area contributed by atoms with Gasteiger partial charge >= 0.3 is 5.97 Å². The molecule has 1 aliphatic rings. The van der Waals surface area contributed by atoms with Crippen molar-refractivity contribution in [3.05, 3.63) is 0 Å². The highest BCUT2D eigenvalue weighted by atomic mass is 19.3.